The van der Waals surface area contributed by atoms with Gasteiger partial charge in [-0.05, 0) is 274 Å². The van der Waals surface area contributed by atoms with Gasteiger partial charge in [0.25, 0.3) is 0 Å². The number of aromatic nitrogens is 16. The Hall–Kier alpha value is -4.16. The molecular weight excluding hydrogens is 1850 g/mol. The quantitative estimate of drug-likeness (QED) is 0.104. The third-order valence-corrected chi connectivity index (χ3v) is 38.3. The van der Waals surface area contributed by atoms with Crippen molar-refractivity contribution in [1.82, 2.24) is 76.7 Å². The maximum atomic E-state index is 4.34. The van der Waals surface area contributed by atoms with Gasteiger partial charge in [-0.1, -0.05) is 123 Å². The van der Waals surface area contributed by atoms with Gasteiger partial charge >= 0.3 is 89.1 Å². The van der Waals surface area contributed by atoms with Crippen LogP contribution in [0.5, 0.6) is 0 Å². The molecule has 0 fully saturated rings. The second kappa shape index (κ2) is 34.0. The van der Waals surface area contributed by atoms with Gasteiger partial charge in [-0.25, -0.2) is 0 Å². The van der Waals surface area contributed by atoms with Gasteiger partial charge in [-0.15, -0.1) is 40.8 Å². The first-order valence-electron chi connectivity index (χ1n) is 31.6. The predicted molar refractivity (Wildman–Crippen MR) is 437 cm³/mol. The van der Waals surface area contributed by atoms with E-state index in [2.05, 4.69) is 284 Å². The van der Waals surface area contributed by atoms with E-state index in [0.29, 0.717) is 0 Å². The molecule has 0 saturated heterocycles. The van der Waals surface area contributed by atoms with Gasteiger partial charge < -0.3 is 0 Å². The Kier molecular flexibility index (Phi) is 26.0. The second-order valence-corrected chi connectivity index (χ2v) is 68.2. The summed E-state index contributed by atoms with van der Waals surface area (Å²) in [4.78, 5) is 14.7. The number of hydrogen-bond acceptors (Lipinski definition) is 24. The summed E-state index contributed by atoms with van der Waals surface area (Å²) in [6.45, 7) is 13.1. The number of benzene rings is 8. The van der Waals surface area contributed by atoms with Crippen molar-refractivity contribution in [3.05, 3.63) is 182 Å². The van der Waals surface area contributed by atoms with Crippen molar-refractivity contribution in [3.63, 3.8) is 0 Å². The normalized spacial score (nSPS) is 11.6. The summed E-state index contributed by atoms with van der Waals surface area (Å²) >= 11 is 23.2. The van der Waals surface area contributed by atoms with Crippen LogP contribution in [0.1, 0.15) is 94.5 Å². The topological polar surface area (TPSA) is 206 Å². The van der Waals surface area contributed by atoms with Crippen molar-refractivity contribution in [3.8, 4) is 0 Å². The molecule has 0 aliphatic carbocycles. The molecule has 0 spiro atoms. The van der Waals surface area contributed by atoms with Crippen LogP contribution >= 0.6 is 156 Å². The summed E-state index contributed by atoms with van der Waals surface area (Å²) in [5.41, 5.74) is 22.6. The molecule has 0 aliphatic rings. The zero-order valence-corrected chi connectivity index (χ0v) is 74.4. The average molecular weight is 1920 g/mol. The molecule has 30 heteroatoms. The molecule has 504 valence electrons. The Bertz CT molecular complexity index is 4930. The van der Waals surface area contributed by atoms with Crippen LogP contribution in [0.3, 0.4) is 0 Å². The first kappa shape index (κ1) is 75.0. The summed E-state index contributed by atoms with van der Waals surface area (Å²) in [7, 11) is 0. The van der Waals surface area contributed by atoms with Gasteiger partial charge in [0.2, 0.25) is 0 Å². The van der Waals surface area contributed by atoms with Crippen LogP contribution in [0.25, 0.3) is 81.7 Å². The summed E-state index contributed by atoms with van der Waals surface area (Å²) in [5.74, 6) is 0. The number of hydrogen-bond donors (Lipinski definition) is 0. The van der Waals surface area contributed by atoms with Crippen LogP contribution in [0.15, 0.2) is 115 Å². The zero-order valence-electron chi connectivity index (χ0n) is 55.8. The van der Waals surface area contributed by atoms with E-state index in [1.165, 1.54) is 176 Å². The Morgan fingerprint density at radius 3 is 0.908 bits per heavy atom. The molecule has 0 saturated carbocycles. The fourth-order valence-electron chi connectivity index (χ4n) is 10.1. The Balaban J connectivity index is 0.000000125. The first-order chi connectivity index (χ1) is 47.1. The number of rotatable bonds is 12. The number of fused-ring (bicyclic) bond motifs is 8. The van der Waals surface area contributed by atoms with Crippen molar-refractivity contribution in [2.45, 2.75) is 119 Å². The molecule has 0 radical (unpaired) electrons. The van der Waals surface area contributed by atoms with Crippen LogP contribution < -0.4 is 0 Å². The van der Waals surface area contributed by atoms with Crippen molar-refractivity contribution in [2.24, 2.45) is 0 Å². The zero-order chi connectivity index (χ0) is 69.4. The summed E-state index contributed by atoms with van der Waals surface area (Å²) < 4.78 is 48.9. The van der Waals surface area contributed by atoms with Crippen LogP contribution in [-0.2, 0) is 38.5 Å². The van der Waals surface area contributed by atoms with Gasteiger partial charge in [-0.3, -0.25) is 0 Å². The number of halogens is 4. The summed E-state index contributed by atoms with van der Waals surface area (Å²) in [6, 6.07) is 33.9. The molecule has 98 heavy (non-hydrogen) atoms. The van der Waals surface area contributed by atoms with Gasteiger partial charge in [0, 0.05) is 43.6 Å². The molecule has 0 bridgehead atoms. The first-order valence-corrected chi connectivity index (χ1v) is 62.1. The van der Waals surface area contributed by atoms with Crippen LogP contribution in [0.4, 0.5) is 0 Å². The second-order valence-electron chi connectivity index (χ2n) is 25.5. The van der Waals surface area contributed by atoms with Gasteiger partial charge in [0.05, 0.1) is 37.6 Å². The number of aryl methyl sites for hydroxylation is 4. The van der Waals surface area contributed by atoms with Crippen LogP contribution in [0, 0.1) is 13.8 Å². The molecule has 16 nitrogen and oxygen atoms in total. The molecule has 0 atom stereocenters. The van der Waals surface area contributed by atoms with E-state index in [0.717, 1.165) is 130 Å². The molecule has 0 amide bonds. The van der Waals surface area contributed by atoms with Gasteiger partial charge in [-0.2, -0.15) is 0 Å². The minimum atomic E-state index is -1.23. The van der Waals surface area contributed by atoms with E-state index < -0.39 is 36.8 Å². The molecule has 0 aliphatic heterocycles. The molecule has 8 aromatic carbocycles. The molecule has 16 aromatic rings. The summed E-state index contributed by atoms with van der Waals surface area (Å²) in [6.07, 6.45) is 5.26. The summed E-state index contributed by atoms with van der Waals surface area (Å²) in [5, 5.41) is 34.1. The number of nitrogens with zero attached hydrogens (tertiary/aromatic N) is 16. The Morgan fingerprint density at radius 2 is 0.490 bits per heavy atom. The Morgan fingerprint density at radius 1 is 0.255 bits per heavy atom. The van der Waals surface area contributed by atoms with E-state index in [4.69, 9.17) is 0 Å². The predicted octanol–water partition coefficient (Wildman–Crippen LogP) is 22.6. The fraction of sp³-hybridized carbons (Fsp3) is 0.294. The van der Waals surface area contributed by atoms with Gasteiger partial charge in [0.1, 0.15) is 44.1 Å². The fourth-order valence-corrected chi connectivity index (χ4v) is 17.8. The third kappa shape index (κ3) is 17.9. The molecule has 0 unspecified atom stereocenters. The van der Waals surface area contributed by atoms with E-state index in [-0.39, 0.29) is 0 Å². The van der Waals surface area contributed by atoms with Crippen molar-refractivity contribution < 1.29 is 0 Å². The molecular formula is C68H68Br4N16S8Sn2. The van der Waals surface area contributed by atoms with E-state index >= 15 is 0 Å². The molecule has 8 aromatic heterocycles. The third-order valence-electron chi connectivity index (χ3n) is 16.7. The molecule has 0 N–H and O–H groups in total. The maximum absolute atomic E-state index is 4.34. The standard InChI is InChI=1S/2C16H14N4S2.2C13H6Br2N4S2.2C2H5.6CH3.2Sn/c1-3-10-6-7-12(14-16(10)22-20-18-14)8-11-5-4-9(2)15-13(11)17-19-21-15;1-3-10-6-7-12(16-14(10)18-20-22-16)8-11-5-4-9(2)13-15(11)21-19-17-13;14-8-3-1-6(12-10(8)16-18-20-12)5-7-2-4-9(15)11-13(7)21-19-17-11;14-8-3-1-6(10-12(8)20-18-16-10)5-7-2-4-9(15)13-11(7)17-19-21-13;2*1-2;;;;;;;;/h2*4-7H,3,8H2,1-2H3;2*1-4H,5H2;2*1H2,2H3;6*1H3;;. The van der Waals surface area contributed by atoms with Crippen molar-refractivity contribution >= 4 is 274 Å². The van der Waals surface area contributed by atoms with Crippen LogP contribution in [0.2, 0.25) is 38.5 Å². The van der Waals surface area contributed by atoms with E-state index in [1.807, 2.05) is 24.3 Å². The molecule has 16 rings (SSSR count). The van der Waals surface area contributed by atoms with Crippen LogP contribution in [-0.4, -0.2) is 113 Å². The SMILES string of the molecule is Brc1ccc(Cc2ccc(Br)c3nnsc23)c2snnc12.Brc1ccc(Cc2ccc(Br)c3snnc23)c2nnsc12.CCc1ccc(Cc2ccc(C)c3nnsc23)c2snnc12.CCc1ccc(Cc2ccc(C)c3snnc23)c2nnsc12.C[CH2][Sn]([CH3])([CH3])[CH3].C[CH2][Sn]([CH3])([CH3])[CH3]. The Labute approximate surface area is 643 Å². The average Bonchev–Trinajstić information content (AvgIpc) is 1.61. The van der Waals surface area contributed by atoms with Gasteiger partial charge in [0.15, 0.2) is 0 Å². The van der Waals surface area contributed by atoms with E-state index in [1.54, 1.807) is 0 Å². The monoisotopic (exact) mass is 1920 g/mol. The minimum absolute atomic E-state index is 0.768. The van der Waals surface area contributed by atoms with Crippen molar-refractivity contribution in [1.29, 1.82) is 0 Å². The van der Waals surface area contributed by atoms with E-state index in [9.17, 15) is 0 Å². The van der Waals surface area contributed by atoms with Crippen molar-refractivity contribution in [2.75, 3.05) is 0 Å². The molecule has 8 heterocycles.